The van der Waals surface area contributed by atoms with Crippen molar-refractivity contribution < 1.29 is 9.53 Å². The van der Waals surface area contributed by atoms with Gasteiger partial charge in [0.15, 0.2) is 0 Å². The zero-order valence-corrected chi connectivity index (χ0v) is 15.6. The molecule has 0 atom stereocenters. The van der Waals surface area contributed by atoms with Crippen molar-refractivity contribution in [2.45, 2.75) is 59.3 Å². The van der Waals surface area contributed by atoms with E-state index in [-0.39, 0.29) is 11.9 Å². The second-order valence-corrected chi connectivity index (χ2v) is 6.98. The molecule has 134 valence electrons. The van der Waals surface area contributed by atoms with Gasteiger partial charge in [-0.25, -0.2) is 0 Å². The predicted molar refractivity (Wildman–Crippen MR) is 105 cm³/mol. The Morgan fingerprint density at radius 3 is 2.48 bits per heavy atom. The summed E-state index contributed by atoms with van der Waals surface area (Å²) in [4.78, 5) is 11.7. The average Bonchev–Trinajstić information content (AvgIpc) is 2.60. The molecule has 0 aliphatic heterocycles. The molecule has 0 bridgehead atoms. The Labute approximate surface area is 150 Å². The third-order valence-electron chi connectivity index (χ3n) is 4.36. The van der Waals surface area contributed by atoms with Crippen LogP contribution in [-0.4, -0.2) is 11.7 Å². The van der Waals surface area contributed by atoms with Crippen LogP contribution in [0.3, 0.4) is 0 Å². The van der Waals surface area contributed by atoms with Crippen LogP contribution < -0.4 is 4.74 Å². The maximum atomic E-state index is 11.7. The van der Waals surface area contributed by atoms with Crippen LogP contribution >= 0.6 is 0 Å². The van der Waals surface area contributed by atoms with Gasteiger partial charge >= 0.3 is 5.97 Å². The Bertz CT molecular complexity index is 734. The van der Waals surface area contributed by atoms with Crippen molar-refractivity contribution in [3.63, 3.8) is 0 Å². The van der Waals surface area contributed by atoms with Gasteiger partial charge in [0.05, 0.1) is 5.92 Å². The first kappa shape index (κ1) is 19.2. The maximum Gasteiger partial charge on any atom is 0.313 e. The van der Waals surface area contributed by atoms with E-state index in [0.717, 1.165) is 42.2 Å². The number of carbonyl (C=O) groups is 1. The topological polar surface area (TPSA) is 50.1 Å². The minimum absolute atomic E-state index is 0.134. The van der Waals surface area contributed by atoms with Crippen LogP contribution in [0.1, 0.15) is 58.4 Å². The van der Waals surface area contributed by atoms with E-state index in [9.17, 15) is 4.79 Å². The van der Waals surface area contributed by atoms with Gasteiger partial charge in [0.25, 0.3) is 0 Å². The summed E-state index contributed by atoms with van der Waals surface area (Å²) < 4.78 is 5.37. The number of ether oxygens (including phenoxy) is 1. The lowest BCUT2D eigenvalue weighted by molar-refractivity contribution is -0.137. The molecule has 0 spiro atoms. The first-order chi connectivity index (χ1) is 12.0. The van der Waals surface area contributed by atoms with Crippen LogP contribution in [0.5, 0.6) is 5.75 Å². The van der Waals surface area contributed by atoms with Gasteiger partial charge in [0.1, 0.15) is 5.75 Å². The van der Waals surface area contributed by atoms with Crippen molar-refractivity contribution in [3.05, 3.63) is 42.0 Å². The highest BCUT2D eigenvalue weighted by atomic mass is 16.5. The van der Waals surface area contributed by atoms with Crippen LogP contribution in [0.15, 0.2) is 36.4 Å². The standard InChI is InChI=1S/C22H29NO2/c1-4-5-6-7-20(23)12-9-17-8-10-19-15-21(13-11-18(19)14-17)25-22(24)16(2)3/h8,10-11,13-16,23H,4-7,9,12H2,1-3H3. The number of fused-ring (bicyclic) bond motifs is 1. The SMILES string of the molecule is CCCCCC(=N)CCc1ccc2cc(OC(=O)C(C)C)ccc2c1. The Balaban J connectivity index is 1.98. The summed E-state index contributed by atoms with van der Waals surface area (Å²) >= 11 is 0. The van der Waals surface area contributed by atoms with Gasteiger partial charge in [0.2, 0.25) is 0 Å². The van der Waals surface area contributed by atoms with Gasteiger partial charge in [-0.3, -0.25) is 4.79 Å². The quantitative estimate of drug-likeness (QED) is 0.266. The number of nitrogens with one attached hydrogen (secondary N) is 1. The molecular weight excluding hydrogens is 310 g/mol. The molecule has 0 aromatic heterocycles. The van der Waals surface area contributed by atoms with Gasteiger partial charge in [-0.05, 0) is 54.2 Å². The smallest absolute Gasteiger partial charge is 0.313 e. The molecule has 1 N–H and O–H groups in total. The Kier molecular flexibility index (Phi) is 7.17. The van der Waals surface area contributed by atoms with Crippen molar-refractivity contribution in [1.29, 1.82) is 5.41 Å². The Morgan fingerprint density at radius 2 is 1.76 bits per heavy atom. The molecular formula is C22H29NO2. The van der Waals surface area contributed by atoms with Crippen LogP contribution in [0.25, 0.3) is 10.8 Å². The molecule has 0 heterocycles. The van der Waals surface area contributed by atoms with Crippen LogP contribution in [0, 0.1) is 11.3 Å². The molecule has 0 fully saturated rings. The van der Waals surface area contributed by atoms with E-state index < -0.39 is 0 Å². The van der Waals surface area contributed by atoms with E-state index in [1.165, 1.54) is 18.4 Å². The lowest BCUT2D eigenvalue weighted by atomic mass is 10.0. The molecule has 2 aromatic carbocycles. The van der Waals surface area contributed by atoms with Gasteiger partial charge in [-0.15, -0.1) is 0 Å². The lowest BCUT2D eigenvalue weighted by Crippen LogP contribution is -2.14. The molecule has 0 unspecified atom stereocenters. The first-order valence-corrected chi connectivity index (χ1v) is 9.30. The van der Waals surface area contributed by atoms with E-state index in [1.54, 1.807) is 0 Å². The van der Waals surface area contributed by atoms with Crippen molar-refractivity contribution in [2.24, 2.45) is 5.92 Å². The van der Waals surface area contributed by atoms with Crippen molar-refractivity contribution in [1.82, 2.24) is 0 Å². The number of hydrogen-bond donors (Lipinski definition) is 1. The molecule has 0 saturated carbocycles. The molecule has 0 aliphatic carbocycles. The summed E-state index contributed by atoms with van der Waals surface area (Å²) in [5.41, 5.74) is 2.10. The van der Waals surface area contributed by atoms with Crippen LogP contribution in [0.2, 0.25) is 0 Å². The maximum absolute atomic E-state index is 11.7. The molecule has 25 heavy (non-hydrogen) atoms. The zero-order chi connectivity index (χ0) is 18.2. The molecule has 3 nitrogen and oxygen atoms in total. The molecule has 0 aliphatic rings. The second kappa shape index (κ2) is 9.36. The lowest BCUT2D eigenvalue weighted by Gasteiger charge is -2.09. The number of benzene rings is 2. The summed E-state index contributed by atoms with van der Waals surface area (Å²) in [5, 5.41) is 10.3. The van der Waals surface area contributed by atoms with E-state index in [0.29, 0.717) is 5.75 Å². The minimum atomic E-state index is -0.211. The molecule has 2 rings (SSSR count). The largest absolute Gasteiger partial charge is 0.426 e. The van der Waals surface area contributed by atoms with Crippen molar-refractivity contribution in [3.8, 4) is 5.75 Å². The predicted octanol–water partition coefficient (Wildman–Crippen LogP) is 5.93. The van der Waals surface area contributed by atoms with Crippen molar-refractivity contribution >= 4 is 22.5 Å². The molecule has 0 saturated heterocycles. The van der Waals surface area contributed by atoms with Crippen molar-refractivity contribution in [2.75, 3.05) is 0 Å². The average molecular weight is 339 g/mol. The third kappa shape index (κ3) is 6.00. The number of unbranched alkanes of at least 4 members (excludes halogenated alkanes) is 2. The number of rotatable bonds is 9. The normalized spacial score (nSPS) is 11.0. The summed E-state index contributed by atoms with van der Waals surface area (Å²) in [7, 11) is 0. The summed E-state index contributed by atoms with van der Waals surface area (Å²) in [6.07, 6.45) is 6.20. The highest BCUT2D eigenvalue weighted by molar-refractivity contribution is 5.86. The second-order valence-electron chi connectivity index (χ2n) is 6.98. The number of aryl methyl sites for hydroxylation is 1. The first-order valence-electron chi connectivity index (χ1n) is 9.30. The number of hydrogen-bond acceptors (Lipinski definition) is 3. The van der Waals surface area contributed by atoms with Gasteiger partial charge in [-0.2, -0.15) is 0 Å². The molecule has 0 radical (unpaired) electrons. The zero-order valence-electron chi connectivity index (χ0n) is 15.6. The fourth-order valence-corrected chi connectivity index (χ4v) is 2.73. The minimum Gasteiger partial charge on any atom is -0.426 e. The van der Waals surface area contributed by atoms with Gasteiger partial charge in [-0.1, -0.05) is 57.9 Å². The van der Waals surface area contributed by atoms with Gasteiger partial charge in [0, 0.05) is 5.71 Å². The summed E-state index contributed by atoms with van der Waals surface area (Å²) in [6.45, 7) is 5.85. The van der Waals surface area contributed by atoms with E-state index in [1.807, 2.05) is 32.0 Å². The summed E-state index contributed by atoms with van der Waals surface area (Å²) in [5.74, 6) is 0.250. The Hall–Kier alpha value is -2.16. The Morgan fingerprint density at radius 1 is 1.04 bits per heavy atom. The van der Waals surface area contributed by atoms with E-state index in [4.69, 9.17) is 10.1 Å². The van der Waals surface area contributed by atoms with Crippen LogP contribution in [-0.2, 0) is 11.2 Å². The fraction of sp³-hybridized carbons (Fsp3) is 0.455. The fourth-order valence-electron chi connectivity index (χ4n) is 2.73. The van der Waals surface area contributed by atoms with Gasteiger partial charge < -0.3 is 10.1 Å². The van der Waals surface area contributed by atoms with Crippen LogP contribution in [0.4, 0.5) is 0 Å². The number of esters is 1. The molecule has 0 amide bonds. The molecule has 2 aromatic rings. The monoisotopic (exact) mass is 339 g/mol. The summed E-state index contributed by atoms with van der Waals surface area (Å²) in [6, 6.07) is 12.1. The molecule has 3 heteroatoms. The highest BCUT2D eigenvalue weighted by Crippen LogP contribution is 2.23. The van der Waals surface area contributed by atoms with E-state index >= 15 is 0 Å². The third-order valence-corrected chi connectivity index (χ3v) is 4.36. The highest BCUT2D eigenvalue weighted by Gasteiger charge is 2.10. The number of carbonyl (C=O) groups excluding carboxylic acids is 1. The van der Waals surface area contributed by atoms with E-state index in [2.05, 4.69) is 25.1 Å².